The van der Waals surface area contributed by atoms with Gasteiger partial charge >= 0.3 is 5.91 Å². The number of rotatable bonds is 7. The van der Waals surface area contributed by atoms with Gasteiger partial charge in [-0.2, -0.15) is 0 Å². The average molecular weight is 358 g/mol. The third-order valence-corrected chi connectivity index (χ3v) is 4.76. The molecular formula is C24H24NO2+. The highest BCUT2D eigenvalue weighted by Gasteiger charge is 2.34. The van der Waals surface area contributed by atoms with Gasteiger partial charge in [-0.25, -0.2) is 4.79 Å². The van der Waals surface area contributed by atoms with Gasteiger partial charge in [0.25, 0.3) is 0 Å². The molecule has 3 nitrogen and oxygen atoms in total. The van der Waals surface area contributed by atoms with Crippen molar-refractivity contribution in [1.29, 1.82) is 0 Å². The lowest BCUT2D eigenvalue weighted by Crippen LogP contribution is -2.52. The largest absolute Gasteiger partial charge is 0.318 e. The molecule has 3 aromatic carbocycles. The molecule has 27 heavy (non-hydrogen) atoms. The Morgan fingerprint density at radius 3 is 1.74 bits per heavy atom. The topological polar surface area (TPSA) is 34.1 Å². The number of hydrogen-bond acceptors (Lipinski definition) is 2. The predicted octanol–water partition coefficient (Wildman–Crippen LogP) is 4.29. The molecule has 1 unspecified atom stereocenters. The molecule has 3 aromatic rings. The molecule has 0 aliphatic heterocycles. The first-order valence-corrected chi connectivity index (χ1v) is 9.11. The van der Waals surface area contributed by atoms with Crippen molar-refractivity contribution in [3.05, 3.63) is 108 Å². The molecular weight excluding hydrogens is 334 g/mol. The van der Waals surface area contributed by atoms with Gasteiger partial charge in [0.1, 0.15) is 13.1 Å². The molecule has 0 spiro atoms. The molecule has 136 valence electrons. The zero-order valence-electron chi connectivity index (χ0n) is 15.5. The van der Waals surface area contributed by atoms with Gasteiger partial charge < -0.3 is 0 Å². The zero-order chi connectivity index (χ0) is 19.1. The maximum absolute atomic E-state index is 13.2. The Balaban J connectivity index is 1.85. The quantitative estimate of drug-likeness (QED) is 0.466. The molecule has 0 saturated heterocycles. The van der Waals surface area contributed by atoms with Gasteiger partial charge in [-0.05, 0) is 5.56 Å². The Morgan fingerprint density at radius 2 is 1.19 bits per heavy atom. The average Bonchev–Trinajstić information content (AvgIpc) is 2.70. The van der Waals surface area contributed by atoms with Crippen LogP contribution in [0.25, 0.3) is 0 Å². The van der Waals surface area contributed by atoms with Gasteiger partial charge in [0.15, 0.2) is 0 Å². The number of carbonyl (C=O) groups is 2. The fourth-order valence-electron chi connectivity index (χ4n) is 3.21. The minimum Gasteiger partial charge on any atom is -0.288 e. The van der Waals surface area contributed by atoms with Crippen LogP contribution in [0.2, 0.25) is 0 Å². The van der Waals surface area contributed by atoms with Crippen LogP contribution in [0.5, 0.6) is 0 Å². The molecule has 0 heterocycles. The molecule has 0 aliphatic rings. The first kappa shape index (κ1) is 18.7. The van der Waals surface area contributed by atoms with E-state index >= 15 is 0 Å². The number of amides is 1. The minimum atomic E-state index is -0.0181. The van der Waals surface area contributed by atoms with Crippen LogP contribution in [0.15, 0.2) is 91.0 Å². The Hall–Kier alpha value is -3.04. The van der Waals surface area contributed by atoms with Gasteiger partial charge in [-0.1, -0.05) is 91.0 Å². The lowest BCUT2D eigenvalue weighted by atomic mass is 10.1. The van der Waals surface area contributed by atoms with Gasteiger partial charge in [0.05, 0.1) is 13.5 Å². The maximum atomic E-state index is 13.2. The number of likely N-dealkylation sites (N-methyl/N-ethyl adjacent to an activating group) is 1. The summed E-state index contributed by atoms with van der Waals surface area (Å²) in [6.45, 7) is 0.635. The summed E-state index contributed by atoms with van der Waals surface area (Å²) in [5, 5.41) is 0. The van der Waals surface area contributed by atoms with Crippen LogP contribution in [-0.4, -0.2) is 29.8 Å². The lowest BCUT2D eigenvalue weighted by molar-refractivity contribution is -0.839. The Bertz CT molecular complexity index is 891. The van der Waals surface area contributed by atoms with E-state index in [0.717, 1.165) is 11.1 Å². The molecule has 0 aromatic heterocycles. The maximum Gasteiger partial charge on any atom is 0.318 e. The number of quaternary nitrogens is 1. The molecule has 0 N–H and O–H groups in total. The molecule has 0 bridgehead atoms. The van der Waals surface area contributed by atoms with E-state index in [2.05, 4.69) is 0 Å². The SMILES string of the molecule is C[N+](CC(=O)c1ccccc1)(Cc1ccccc1)C(=O)Cc1ccccc1. The Kier molecular flexibility index (Phi) is 5.94. The highest BCUT2D eigenvalue weighted by molar-refractivity contribution is 5.97. The number of hydrogen-bond donors (Lipinski definition) is 0. The second-order valence-electron chi connectivity index (χ2n) is 7.04. The summed E-state index contributed by atoms with van der Waals surface area (Å²) >= 11 is 0. The highest BCUT2D eigenvalue weighted by Crippen LogP contribution is 2.17. The van der Waals surface area contributed by atoms with Gasteiger partial charge in [0, 0.05) is 11.1 Å². The van der Waals surface area contributed by atoms with Crippen LogP contribution in [0.1, 0.15) is 21.5 Å². The smallest absolute Gasteiger partial charge is 0.288 e. The summed E-state index contributed by atoms with van der Waals surface area (Å²) in [7, 11) is 1.86. The van der Waals surface area contributed by atoms with Crippen molar-refractivity contribution in [3.63, 3.8) is 0 Å². The second kappa shape index (κ2) is 8.56. The number of nitrogens with zero attached hydrogens (tertiary/aromatic N) is 1. The summed E-state index contributed by atoms with van der Waals surface area (Å²) < 4.78 is 0.0482. The first-order chi connectivity index (χ1) is 13.1. The second-order valence-corrected chi connectivity index (χ2v) is 7.04. The number of carbonyl (C=O) groups excluding carboxylic acids is 2. The van der Waals surface area contributed by atoms with E-state index in [0.29, 0.717) is 18.5 Å². The Labute approximate surface area is 160 Å². The van der Waals surface area contributed by atoms with E-state index in [9.17, 15) is 9.59 Å². The van der Waals surface area contributed by atoms with Crippen molar-refractivity contribution in [2.24, 2.45) is 0 Å². The van der Waals surface area contributed by atoms with Crippen LogP contribution < -0.4 is 0 Å². The third-order valence-electron chi connectivity index (χ3n) is 4.76. The van der Waals surface area contributed by atoms with Gasteiger partial charge in [-0.3, -0.25) is 9.28 Å². The summed E-state index contributed by atoms with van der Waals surface area (Å²) in [5.74, 6) is 0.0183. The summed E-state index contributed by atoms with van der Waals surface area (Å²) in [5.41, 5.74) is 2.65. The van der Waals surface area contributed by atoms with Crippen molar-refractivity contribution >= 4 is 11.7 Å². The van der Waals surface area contributed by atoms with Crippen molar-refractivity contribution in [2.75, 3.05) is 13.6 Å². The zero-order valence-corrected chi connectivity index (χ0v) is 15.5. The summed E-state index contributed by atoms with van der Waals surface area (Å²) in [6, 6.07) is 28.7. The molecule has 0 saturated carbocycles. The predicted molar refractivity (Wildman–Crippen MR) is 107 cm³/mol. The molecule has 1 atom stereocenters. The van der Waals surface area contributed by atoms with E-state index in [1.165, 1.54) is 0 Å². The van der Waals surface area contributed by atoms with Crippen LogP contribution in [0.4, 0.5) is 0 Å². The molecule has 3 heteroatoms. The molecule has 0 radical (unpaired) electrons. The standard InChI is InChI=1S/C24H24NO2/c1-25(18-21-13-7-3-8-14-21,19-23(26)22-15-9-4-10-16-22)24(27)17-20-11-5-2-6-12-20/h2-16H,17-19H2,1H3/q+1. The third kappa shape index (κ3) is 4.99. The van der Waals surface area contributed by atoms with Crippen LogP contribution in [0.3, 0.4) is 0 Å². The van der Waals surface area contributed by atoms with Crippen LogP contribution in [0, 0.1) is 0 Å². The van der Waals surface area contributed by atoms with Gasteiger partial charge in [0.2, 0.25) is 5.78 Å². The van der Waals surface area contributed by atoms with Crippen LogP contribution in [-0.2, 0) is 17.8 Å². The first-order valence-electron chi connectivity index (χ1n) is 9.11. The monoisotopic (exact) mass is 358 g/mol. The fraction of sp³-hybridized carbons (Fsp3) is 0.167. The van der Waals surface area contributed by atoms with E-state index in [1.807, 2.05) is 85.9 Å². The number of benzene rings is 3. The Morgan fingerprint density at radius 1 is 0.704 bits per heavy atom. The van der Waals surface area contributed by atoms with Gasteiger partial charge in [-0.15, -0.1) is 0 Å². The highest BCUT2D eigenvalue weighted by atomic mass is 16.2. The van der Waals surface area contributed by atoms with Crippen molar-refractivity contribution in [3.8, 4) is 0 Å². The molecule has 0 aliphatic carbocycles. The summed E-state index contributed by atoms with van der Waals surface area (Å²) in [6.07, 6.45) is 0.312. The molecule has 1 amide bonds. The molecule has 0 fully saturated rings. The van der Waals surface area contributed by atoms with E-state index in [1.54, 1.807) is 12.1 Å². The van der Waals surface area contributed by atoms with Crippen molar-refractivity contribution < 1.29 is 14.1 Å². The molecule has 3 rings (SSSR count). The fourth-order valence-corrected chi connectivity index (χ4v) is 3.21. The van der Waals surface area contributed by atoms with E-state index in [4.69, 9.17) is 0 Å². The summed E-state index contributed by atoms with van der Waals surface area (Å²) in [4.78, 5) is 26.1. The lowest BCUT2D eigenvalue weighted by Gasteiger charge is -2.31. The number of ketones is 1. The number of Topliss-reactive ketones (excluding diaryl/α,β-unsaturated/α-hetero) is 1. The van der Waals surface area contributed by atoms with E-state index < -0.39 is 0 Å². The van der Waals surface area contributed by atoms with Crippen molar-refractivity contribution in [2.45, 2.75) is 13.0 Å². The minimum absolute atomic E-state index is 0.0181. The van der Waals surface area contributed by atoms with Crippen LogP contribution >= 0.6 is 0 Å². The normalized spacial score (nSPS) is 12.9. The van der Waals surface area contributed by atoms with E-state index in [-0.39, 0.29) is 22.7 Å². The van der Waals surface area contributed by atoms with Crippen molar-refractivity contribution in [1.82, 2.24) is 0 Å².